The van der Waals surface area contributed by atoms with Crippen LogP contribution in [0.1, 0.15) is 31.2 Å². The Bertz CT molecular complexity index is 383. The number of halogens is 1. The molecular weight excluding hydrogens is 262 g/mol. The predicted octanol–water partition coefficient (Wildman–Crippen LogP) is 2.98. The number of nitrogens with zero attached hydrogens (tertiary/aromatic N) is 1. The Balaban J connectivity index is 0.00000180. The Labute approximate surface area is 121 Å². The van der Waals surface area contributed by atoms with E-state index < -0.39 is 5.97 Å². The Hall–Kier alpha value is -1.06. The van der Waals surface area contributed by atoms with Crippen LogP contribution in [0.5, 0.6) is 0 Å². The van der Waals surface area contributed by atoms with Crippen LogP contribution in [0.15, 0.2) is 30.3 Å². The highest BCUT2D eigenvalue weighted by molar-refractivity contribution is 5.85. The van der Waals surface area contributed by atoms with Gasteiger partial charge in [-0.25, -0.2) is 0 Å². The molecule has 4 heteroatoms. The van der Waals surface area contributed by atoms with E-state index in [9.17, 15) is 4.79 Å². The zero-order chi connectivity index (χ0) is 12.8. The lowest BCUT2D eigenvalue weighted by Gasteiger charge is -2.35. The number of hydrogen-bond donors (Lipinski definition) is 1. The van der Waals surface area contributed by atoms with E-state index in [0.29, 0.717) is 12.6 Å². The second-order valence-electron chi connectivity index (χ2n) is 5.02. The van der Waals surface area contributed by atoms with Crippen LogP contribution in [0.2, 0.25) is 0 Å². The van der Waals surface area contributed by atoms with E-state index in [-0.39, 0.29) is 18.8 Å². The second-order valence-corrected chi connectivity index (χ2v) is 5.02. The quantitative estimate of drug-likeness (QED) is 0.903. The molecule has 0 radical (unpaired) electrons. The van der Waals surface area contributed by atoms with Crippen molar-refractivity contribution in [2.24, 2.45) is 0 Å². The summed E-state index contributed by atoms with van der Waals surface area (Å²) >= 11 is 0. The second kappa shape index (κ2) is 8.18. The molecule has 1 aliphatic rings. The Morgan fingerprint density at radius 3 is 2.68 bits per heavy atom. The maximum atomic E-state index is 10.7. The van der Waals surface area contributed by atoms with Gasteiger partial charge in [-0.3, -0.25) is 9.69 Å². The molecule has 19 heavy (non-hydrogen) atoms. The minimum atomic E-state index is -0.695. The van der Waals surface area contributed by atoms with Crippen LogP contribution in [-0.2, 0) is 11.2 Å². The van der Waals surface area contributed by atoms with Crippen molar-refractivity contribution >= 4 is 18.4 Å². The van der Waals surface area contributed by atoms with Gasteiger partial charge in [0, 0.05) is 12.6 Å². The number of likely N-dealkylation sites (tertiary alicyclic amines) is 1. The van der Waals surface area contributed by atoms with Gasteiger partial charge >= 0.3 is 5.97 Å². The normalized spacial score (nSPS) is 19.7. The van der Waals surface area contributed by atoms with E-state index >= 15 is 0 Å². The number of carboxylic acid groups (broad SMARTS) is 1. The van der Waals surface area contributed by atoms with Gasteiger partial charge in [0.25, 0.3) is 0 Å². The number of benzene rings is 1. The maximum Gasteiger partial charge on any atom is 0.304 e. The molecule has 106 valence electrons. The fourth-order valence-electron chi connectivity index (χ4n) is 2.71. The van der Waals surface area contributed by atoms with Crippen molar-refractivity contribution < 1.29 is 9.90 Å². The molecule has 3 nitrogen and oxygen atoms in total. The molecule has 1 aliphatic heterocycles. The van der Waals surface area contributed by atoms with Crippen LogP contribution in [0, 0.1) is 0 Å². The van der Waals surface area contributed by atoms with Crippen LogP contribution < -0.4 is 0 Å². The van der Waals surface area contributed by atoms with Crippen molar-refractivity contribution in [1.82, 2.24) is 4.90 Å². The number of piperidine rings is 1. The van der Waals surface area contributed by atoms with E-state index in [4.69, 9.17) is 5.11 Å². The fraction of sp³-hybridized carbons (Fsp3) is 0.533. The first-order chi connectivity index (χ1) is 8.75. The third-order valence-electron chi connectivity index (χ3n) is 3.68. The first-order valence-corrected chi connectivity index (χ1v) is 6.75. The zero-order valence-corrected chi connectivity index (χ0v) is 11.9. The minimum absolute atomic E-state index is 0. The molecule has 2 rings (SSSR count). The monoisotopic (exact) mass is 283 g/mol. The first kappa shape index (κ1) is 16.0. The third-order valence-corrected chi connectivity index (χ3v) is 3.68. The van der Waals surface area contributed by atoms with E-state index in [1.165, 1.54) is 24.8 Å². The Kier molecular flexibility index (Phi) is 6.89. The van der Waals surface area contributed by atoms with Crippen molar-refractivity contribution in [3.8, 4) is 0 Å². The lowest BCUT2D eigenvalue weighted by Crippen LogP contribution is -2.41. The maximum absolute atomic E-state index is 10.7. The lowest BCUT2D eigenvalue weighted by atomic mass is 9.95. The van der Waals surface area contributed by atoms with Crippen LogP contribution in [-0.4, -0.2) is 35.1 Å². The van der Waals surface area contributed by atoms with Crippen molar-refractivity contribution in [1.29, 1.82) is 0 Å². The first-order valence-electron chi connectivity index (χ1n) is 6.75. The number of aliphatic carboxylic acids is 1. The van der Waals surface area contributed by atoms with Gasteiger partial charge in [0.1, 0.15) is 0 Å². The summed E-state index contributed by atoms with van der Waals surface area (Å²) < 4.78 is 0. The lowest BCUT2D eigenvalue weighted by molar-refractivity contribution is -0.137. The van der Waals surface area contributed by atoms with E-state index in [1.807, 2.05) is 6.07 Å². The summed E-state index contributed by atoms with van der Waals surface area (Å²) in [5, 5.41) is 8.79. The highest BCUT2D eigenvalue weighted by Crippen LogP contribution is 2.20. The summed E-state index contributed by atoms with van der Waals surface area (Å²) in [5.41, 5.74) is 1.35. The molecule has 0 bridgehead atoms. The van der Waals surface area contributed by atoms with Gasteiger partial charge in [-0.2, -0.15) is 0 Å². The molecule has 0 spiro atoms. The van der Waals surface area contributed by atoms with Crippen LogP contribution in [0.25, 0.3) is 0 Å². The summed E-state index contributed by atoms with van der Waals surface area (Å²) in [6.45, 7) is 1.73. The summed E-state index contributed by atoms with van der Waals surface area (Å²) in [6, 6.07) is 11.0. The number of carbonyl (C=O) groups is 1. The average molecular weight is 284 g/mol. The molecule has 1 N–H and O–H groups in total. The summed E-state index contributed by atoms with van der Waals surface area (Å²) in [7, 11) is 0. The van der Waals surface area contributed by atoms with Gasteiger partial charge in [0.05, 0.1) is 6.42 Å². The van der Waals surface area contributed by atoms with Crippen molar-refractivity contribution in [3.05, 3.63) is 35.9 Å². The van der Waals surface area contributed by atoms with Gasteiger partial charge in [-0.15, -0.1) is 12.4 Å². The third kappa shape index (κ3) is 5.21. The smallest absolute Gasteiger partial charge is 0.304 e. The molecule has 0 saturated carbocycles. The van der Waals surface area contributed by atoms with Crippen molar-refractivity contribution in [2.75, 3.05) is 13.1 Å². The zero-order valence-electron chi connectivity index (χ0n) is 11.1. The van der Waals surface area contributed by atoms with Gasteiger partial charge in [0.2, 0.25) is 0 Å². The fourth-order valence-corrected chi connectivity index (χ4v) is 2.71. The van der Waals surface area contributed by atoms with E-state index in [1.54, 1.807) is 0 Å². The SMILES string of the molecule is Cl.O=C(O)CCN1CCCCC1Cc1ccccc1. The average Bonchev–Trinajstić information content (AvgIpc) is 2.39. The predicted molar refractivity (Wildman–Crippen MR) is 78.9 cm³/mol. The molecular formula is C15H22ClNO2. The molecule has 0 aliphatic carbocycles. The van der Waals surface area contributed by atoms with Crippen LogP contribution in [0.3, 0.4) is 0 Å². The van der Waals surface area contributed by atoms with E-state index in [2.05, 4.69) is 29.2 Å². The van der Waals surface area contributed by atoms with Gasteiger partial charge in [-0.1, -0.05) is 36.8 Å². The highest BCUT2D eigenvalue weighted by Gasteiger charge is 2.22. The van der Waals surface area contributed by atoms with Crippen molar-refractivity contribution in [2.45, 2.75) is 38.1 Å². The molecule has 1 heterocycles. The standard InChI is InChI=1S/C15H21NO2.ClH/c17-15(18)9-11-16-10-5-4-8-14(16)12-13-6-2-1-3-7-13;/h1-3,6-7,14H,4-5,8-12H2,(H,17,18);1H. The molecule has 0 aromatic heterocycles. The van der Waals surface area contributed by atoms with Gasteiger partial charge in [0.15, 0.2) is 0 Å². The highest BCUT2D eigenvalue weighted by atomic mass is 35.5. The molecule has 1 aromatic carbocycles. The molecule has 1 saturated heterocycles. The van der Waals surface area contributed by atoms with Crippen molar-refractivity contribution in [3.63, 3.8) is 0 Å². The largest absolute Gasteiger partial charge is 0.481 e. The molecule has 1 fully saturated rings. The minimum Gasteiger partial charge on any atom is -0.481 e. The molecule has 0 amide bonds. The molecule has 1 atom stereocenters. The Morgan fingerprint density at radius 1 is 1.26 bits per heavy atom. The summed E-state index contributed by atoms with van der Waals surface area (Å²) in [5.74, 6) is -0.695. The topological polar surface area (TPSA) is 40.5 Å². The van der Waals surface area contributed by atoms with Crippen LogP contribution in [0.4, 0.5) is 0 Å². The molecule has 1 aromatic rings. The number of carboxylic acids is 1. The summed E-state index contributed by atoms with van der Waals surface area (Å²) in [4.78, 5) is 13.0. The van der Waals surface area contributed by atoms with Gasteiger partial charge in [-0.05, 0) is 31.4 Å². The van der Waals surface area contributed by atoms with Crippen LogP contribution >= 0.6 is 12.4 Å². The molecule has 1 unspecified atom stereocenters. The Morgan fingerprint density at radius 2 is 2.00 bits per heavy atom. The van der Waals surface area contributed by atoms with Gasteiger partial charge < -0.3 is 5.11 Å². The number of rotatable bonds is 5. The summed E-state index contributed by atoms with van der Waals surface area (Å²) in [6.07, 6.45) is 4.95. The number of hydrogen-bond acceptors (Lipinski definition) is 2. The van der Waals surface area contributed by atoms with E-state index in [0.717, 1.165) is 13.0 Å².